The quantitative estimate of drug-likeness (QED) is 0.442. The summed E-state index contributed by atoms with van der Waals surface area (Å²) in [6.07, 6.45) is 0. The molecule has 1 nitrogen and oxygen atoms in total. The highest BCUT2D eigenvalue weighted by Crippen LogP contribution is 1.96. The van der Waals surface area contributed by atoms with Gasteiger partial charge in [0.25, 0.3) is 0 Å². The zero-order valence-corrected chi connectivity index (χ0v) is 12.9. The number of nitrogens with one attached hydrogen (secondary N) is 1. The van der Waals surface area contributed by atoms with Crippen LogP contribution in [0.1, 0.15) is 0 Å². The van der Waals surface area contributed by atoms with Gasteiger partial charge < -0.3 is 0 Å². The first-order chi connectivity index (χ1) is 6.71. The highest BCUT2D eigenvalue weighted by molar-refractivity contribution is 6.84. The Hall–Kier alpha value is -0.486. The van der Waals surface area contributed by atoms with E-state index in [1.807, 2.05) is 0 Å². The molecule has 15 heavy (non-hydrogen) atoms. The number of rotatable bonds is 2. The fourth-order valence-corrected chi connectivity index (χ4v) is 2.04. The lowest BCUT2D eigenvalue weighted by Crippen LogP contribution is -2.20. The van der Waals surface area contributed by atoms with E-state index in [-0.39, 0.29) is 0 Å². The Bertz CT molecular complexity index is 267. The molecule has 3 heteroatoms. The van der Waals surface area contributed by atoms with Crippen molar-refractivity contribution in [2.45, 2.75) is 39.3 Å². The molecule has 84 valence electrons. The van der Waals surface area contributed by atoms with E-state index in [0.717, 1.165) is 13.1 Å². The molecule has 0 aromatic carbocycles. The third kappa shape index (κ3) is 13.5. The Morgan fingerprint density at radius 3 is 1.33 bits per heavy atom. The van der Waals surface area contributed by atoms with Crippen LogP contribution in [-0.2, 0) is 0 Å². The standard InChI is InChI=1S/C12H23NSi2/c1-14(2,3)11-7-9-13-10-8-12-15(4,5)6/h13H,9-10H2,1-6H3. The molecule has 0 amide bonds. The summed E-state index contributed by atoms with van der Waals surface area (Å²) < 4.78 is 0. The molecule has 0 aromatic heterocycles. The second-order valence-corrected chi connectivity index (χ2v) is 15.2. The molecule has 0 unspecified atom stereocenters. The SMILES string of the molecule is C[Si](C)(C)C#CCNCC#C[Si](C)(C)C. The van der Waals surface area contributed by atoms with Crippen LogP contribution in [-0.4, -0.2) is 29.2 Å². The van der Waals surface area contributed by atoms with Gasteiger partial charge in [0.1, 0.15) is 16.1 Å². The van der Waals surface area contributed by atoms with Crippen LogP contribution in [0.25, 0.3) is 0 Å². The largest absolute Gasteiger partial charge is 0.295 e. The van der Waals surface area contributed by atoms with E-state index < -0.39 is 16.1 Å². The Morgan fingerprint density at radius 1 is 0.733 bits per heavy atom. The second kappa shape index (κ2) is 6.17. The van der Waals surface area contributed by atoms with Gasteiger partial charge in [-0.2, -0.15) is 0 Å². The molecule has 0 rings (SSSR count). The molecule has 0 atom stereocenters. The average molecular weight is 237 g/mol. The Morgan fingerprint density at radius 2 is 1.07 bits per heavy atom. The van der Waals surface area contributed by atoms with Gasteiger partial charge in [0, 0.05) is 0 Å². The first-order valence-corrected chi connectivity index (χ1v) is 12.4. The van der Waals surface area contributed by atoms with Gasteiger partial charge in [0.2, 0.25) is 0 Å². The normalized spacial score (nSPS) is 11.1. The van der Waals surface area contributed by atoms with E-state index >= 15 is 0 Å². The molecule has 0 heterocycles. The summed E-state index contributed by atoms with van der Waals surface area (Å²) in [7, 11) is -2.37. The van der Waals surface area contributed by atoms with Gasteiger partial charge in [-0.1, -0.05) is 51.1 Å². The van der Waals surface area contributed by atoms with E-state index in [0.29, 0.717) is 0 Å². The molecule has 0 fully saturated rings. The molecule has 0 radical (unpaired) electrons. The van der Waals surface area contributed by atoms with Crippen molar-refractivity contribution in [2.75, 3.05) is 13.1 Å². The van der Waals surface area contributed by atoms with Crippen molar-refractivity contribution in [3.63, 3.8) is 0 Å². The minimum Gasteiger partial charge on any atom is -0.295 e. The Kier molecular flexibility index (Phi) is 5.97. The summed E-state index contributed by atoms with van der Waals surface area (Å²) in [5.74, 6) is 6.33. The van der Waals surface area contributed by atoms with E-state index in [2.05, 4.69) is 67.5 Å². The molecule has 0 aliphatic rings. The lowest BCUT2D eigenvalue weighted by molar-refractivity contribution is 0.872. The molecular weight excluding hydrogens is 214 g/mol. The van der Waals surface area contributed by atoms with E-state index in [1.165, 1.54) is 0 Å². The maximum atomic E-state index is 3.32. The van der Waals surface area contributed by atoms with Crippen LogP contribution in [0.2, 0.25) is 39.3 Å². The third-order valence-electron chi connectivity index (χ3n) is 1.35. The summed E-state index contributed by atoms with van der Waals surface area (Å²) in [4.78, 5) is 0. The van der Waals surface area contributed by atoms with Crippen molar-refractivity contribution in [3.8, 4) is 22.9 Å². The van der Waals surface area contributed by atoms with Crippen LogP contribution < -0.4 is 5.32 Å². The van der Waals surface area contributed by atoms with E-state index in [1.54, 1.807) is 0 Å². The zero-order chi connectivity index (χ0) is 11.9. The predicted molar refractivity (Wildman–Crippen MR) is 75.1 cm³/mol. The molecule has 0 aromatic rings. The van der Waals surface area contributed by atoms with Crippen molar-refractivity contribution in [1.82, 2.24) is 5.32 Å². The molecule has 0 aliphatic heterocycles. The fraction of sp³-hybridized carbons (Fsp3) is 0.667. The number of hydrogen-bond donors (Lipinski definition) is 1. The van der Waals surface area contributed by atoms with Gasteiger partial charge in [-0.05, 0) is 0 Å². The van der Waals surface area contributed by atoms with Crippen LogP contribution >= 0.6 is 0 Å². The van der Waals surface area contributed by atoms with Crippen molar-refractivity contribution < 1.29 is 0 Å². The van der Waals surface area contributed by atoms with Gasteiger partial charge in [-0.15, -0.1) is 11.1 Å². The van der Waals surface area contributed by atoms with Crippen molar-refractivity contribution >= 4 is 16.1 Å². The molecule has 1 N–H and O–H groups in total. The van der Waals surface area contributed by atoms with Gasteiger partial charge in [0.15, 0.2) is 0 Å². The van der Waals surface area contributed by atoms with Gasteiger partial charge >= 0.3 is 0 Å². The summed E-state index contributed by atoms with van der Waals surface area (Å²) >= 11 is 0. The van der Waals surface area contributed by atoms with Crippen LogP contribution in [0.5, 0.6) is 0 Å². The first kappa shape index (κ1) is 14.5. The summed E-state index contributed by atoms with van der Waals surface area (Å²) in [5, 5.41) is 3.23. The van der Waals surface area contributed by atoms with E-state index in [9.17, 15) is 0 Å². The van der Waals surface area contributed by atoms with Crippen LogP contribution in [0.4, 0.5) is 0 Å². The predicted octanol–water partition coefficient (Wildman–Crippen LogP) is 2.34. The van der Waals surface area contributed by atoms with Crippen LogP contribution in [0.3, 0.4) is 0 Å². The van der Waals surface area contributed by atoms with Crippen molar-refractivity contribution in [3.05, 3.63) is 0 Å². The van der Waals surface area contributed by atoms with E-state index in [4.69, 9.17) is 0 Å². The molecule has 0 spiro atoms. The lowest BCUT2D eigenvalue weighted by atomic mass is 10.6. The maximum Gasteiger partial charge on any atom is 0.129 e. The van der Waals surface area contributed by atoms with Gasteiger partial charge in [-0.25, -0.2) is 0 Å². The smallest absolute Gasteiger partial charge is 0.129 e. The molecule has 0 saturated heterocycles. The molecule has 0 saturated carbocycles. The highest BCUT2D eigenvalue weighted by atomic mass is 28.3. The van der Waals surface area contributed by atoms with Crippen molar-refractivity contribution in [1.29, 1.82) is 0 Å². The summed E-state index contributed by atoms with van der Waals surface area (Å²) in [6.45, 7) is 15.1. The average Bonchev–Trinajstić information content (AvgIpc) is 1.98. The molecular formula is C12H23NSi2. The third-order valence-corrected chi connectivity index (χ3v) is 3.21. The van der Waals surface area contributed by atoms with Crippen LogP contribution in [0, 0.1) is 22.9 Å². The lowest BCUT2D eigenvalue weighted by Gasteiger charge is -2.04. The number of hydrogen-bond acceptors (Lipinski definition) is 1. The summed E-state index contributed by atoms with van der Waals surface area (Å²) in [5.41, 5.74) is 6.63. The van der Waals surface area contributed by atoms with Crippen molar-refractivity contribution in [2.24, 2.45) is 0 Å². The monoisotopic (exact) mass is 237 g/mol. The maximum absolute atomic E-state index is 3.32. The highest BCUT2D eigenvalue weighted by Gasteiger charge is 2.07. The van der Waals surface area contributed by atoms with Gasteiger partial charge in [-0.3, -0.25) is 5.32 Å². The molecule has 0 bridgehead atoms. The fourth-order valence-electron chi connectivity index (χ4n) is 0.806. The first-order valence-electron chi connectivity index (χ1n) is 5.41. The zero-order valence-electron chi connectivity index (χ0n) is 10.9. The Labute approximate surface area is 97.1 Å². The summed E-state index contributed by atoms with van der Waals surface area (Å²) in [6, 6.07) is 0. The minimum atomic E-state index is -1.19. The Balaban J connectivity index is 3.72. The minimum absolute atomic E-state index is 0.769. The second-order valence-electron chi connectivity index (χ2n) is 5.71. The topological polar surface area (TPSA) is 12.0 Å². The van der Waals surface area contributed by atoms with Gasteiger partial charge in [0.05, 0.1) is 13.1 Å². The van der Waals surface area contributed by atoms with Crippen LogP contribution in [0.15, 0.2) is 0 Å². The molecule has 0 aliphatic carbocycles.